The number of hydrogen-bond acceptors (Lipinski definition) is 4. The Hall–Kier alpha value is 1.99. The van der Waals surface area contributed by atoms with E-state index in [-0.39, 0.29) is 17.1 Å². The van der Waals surface area contributed by atoms with E-state index in [1.807, 2.05) is 0 Å². The van der Waals surface area contributed by atoms with Gasteiger partial charge in [-0.3, -0.25) is 0 Å². The molecule has 0 spiro atoms. The average molecular weight is 368 g/mol. The first-order chi connectivity index (χ1) is 4.54. The number of thiocarbonyl (C=S) groups is 2. The van der Waals surface area contributed by atoms with Gasteiger partial charge >= 0.3 is 121 Å². The molecule has 0 aliphatic carbocycles. The Morgan fingerprint density at radius 3 is 1.09 bits per heavy atom. The van der Waals surface area contributed by atoms with Gasteiger partial charge in [-0.15, -0.1) is 0 Å². The Bertz CT molecular complexity index is 109. The van der Waals surface area contributed by atoms with Gasteiger partial charge in [-0.1, -0.05) is 0 Å². The van der Waals surface area contributed by atoms with E-state index in [1.165, 1.54) is 0 Å². The van der Waals surface area contributed by atoms with Crippen molar-refractivity contribution in [1.29, 1.82) is 0 Å². The molecule has 0 saturated carbocycles. The first-order valence-corrected chi connectivity index (χ1v) is 6.62. The quantitative estimate of drug-likeness (QED) is 0.347. The van der Waals surface area contributed by atoms with Crippen molar-refractivity contribution in [2.75, 3.05) is 0 Å². The molecule has 0 fully saturated rings. The van der Waals surface area contributed by atoms with Crippen LogP contribution in [-0.4, -0.2) is 8.64 Å². The summed E-state index contributed by atoms with van der Waals surface area (Å²) in [5.41, 5.74) is 0. The summed E-state index contributed by atoms with van der Waals surface area (Å²) in [6, 6.07) is 0. The molecule has 0 aliphatic rings. The summed E-state index contributed by atoms with van der Waals surface area (Å²) >= 11 is 19.6. The molecule has 0 bridgehead atoms. The average Bonchev–Trinajstić information content (AvgIpc) is 1.89. The fourth-order valence-electron chi connectivity index (χ4n) is 0. The van der Waals surface area contributed by atoms with E-state index in [2.05, 4.69) is 57.8 Å². The Morgan fingerprint density at radius 2 is 1.09 bits per heavy atom. The molecule has 1 radical (unpaired) electrons. The van der Waals surface area contributed by atoms with Crippen molar-refractivity contribution in [2.45, 2.75) is 0 Å². The van der Waals surface area contributed by atoms with Gasteiger partial charge in [-0.25, -0.2) is 0 Å². The molecular weight excluding hydrogens is 366 g/mol. The van der Waals surface area contributed by atoms with E-state index in [4.69, 9.17) is 0 Å². The molecule has 0 rings (SSSR count). The van der Waals surface area contributed by atoms with E-state index in [9.17, 15) is 0 Å². The minimum atomic E-state index is 0. The second-order valence-corrected chi connectivity index (χ2v) is 4.56. The van der Waals surface area contributed by atoms with Crippen LogP contribution in [0.4, 0.5) is 0 Å². The van der Waals surface area contributed by atoms with Crippen LogP contribution < -0.4 is 8.12 Å². The second-order valence-electron chi connectivity index (χ2n) is 0.928. The van der Waals surface area contributed by atoms with Gasteiger partial charge in [0.25, 0.3) is 0 Å². The van der Waals surface area contributed by atoms with E-state index in [1.54, 1.807) is 0 Å². The maximum Gasteiger partial charge on any atom is 2.00 e. The zero-order chi connectivity index (χ0) is 8.57. The Kier molecular flexibility index (Phi) is 24.7. The third kappa shape index (κ3) is 33.4. The summed E-state index contributed by atoms with van der Waals surface area (Å²) in [6.45, 7) is 0. The predicted molar refractivity (Wildman–Crippen MR) is 46.2 cm³/mol. The maximum absolute atomic E-state index is 4.43. The third-order valence-electron chi connectivity index (χ3n) is 0.289. The van der Waals surface area contributed by atoms with Gasteiger partial charge in [0.1, 0.15) is 0 Å². The number of rotatable bonds is 0. The van der Waals surface area contributed by atoms with Gasteiger partial charge in [-0.05, 0) is 0 Å². The summed E-state index contributed by atoms with van der Waals surface area (Å²) in [7, 11) is 0. The molecule has 2 N–H and O–H groups in total. The molecule has 0 amide bonds. The number of nitrogens with one attached hydrogen (secondary N) is 2. The molecular formula is C2H2MnN2S4Zn2. The Morgan fingerprint density at radius 1 is 1.00 bits per heavy atom. The van der Waals surface area contributed by atoms with Crippen LogP contribution in [0.25, 0.3) is 0 Å². The van der Waals surface area contributed by atoms with Crippen LogP contribution in [0, 0.1) is 0 Å². The van der Waals surface area contributed by atoms with Gasteiger partial charge in [0.05, 0.1) is 0 Å². The van der Waals surface area contributed by atoms with Crippen molar-refractivity contribution < 1.29 is 54.1 Å². The molecule has 0 aliphatic heterocycles. The Labute approximate surface area is 119 Å². The van der Waals surface area contributed by atoms with Crippen LogP contribution in [0.15, 0.2) is 0 Å². The monoisotopic (exact) mass is 365 g/mol. The summed E-state index contributed by atoms with van der Waals surface area (Å²) in [4.78, 5) is 0. The SMILES string of the molecule is S=C([S-])[NH][Zn].S=C([S-])[NH][Zn].[Mn+2]. The molecule has 55 valence electrons. The van der Waals surface area contributed by atoms with Crippen molar-refractivity contribution >= 4 is 58.3 Å². The maximum atomic E-state index is 4.43. The van der Waals surface area contributed by atoms with Crippen LogP contribution in [0.3, 0.4) is 0 Å². The summed E-state index contributed by atoms with van der Waals surface area (Å²) in [5, 5.41) is 0. The fraction of sp³-hybridized carbons (Fsp3) is 0. The van der Waals surface area contributed by atoms with Crippen molar-refractivity contribution in [2.24, 2.45) is 0 Å². The van der Waals surface area contributed by atoms with Crippen LogP contribution in [-0.2, 0) is 79.4 Å². The molecule has 0 aromatic carbocycles. The van der Waals surface area contributed by atoms with E-state index < -0.39 is 0 Å². The zero-order valence-corrected chi connectivity index (χ0v) is 15.8. The minimum Gasteiger partial charge on any atom is 2.00 e. The first-order valence-electron chi connectivity index (χ1n) is 2.02. The molecule has 0 unspecified atom stereocenters. The molecule has 0 aromatic heterocycles. The topological polar surface area (TPSA) is 24.1 Å². The second kappa shape index (κ2) is 14.5. The summed E-state index contributed by atoms with van der Waals surface area (Å²) in [5.74, 6) is 0. The van der Waals surface area contributed by atoms with Crippen LogP contribution in [0.5, 0.6) is 0 Å². The van der Waals surface area contributed by atoms with Crippen molar-refractivity contribution in [3.63, 3.8) is 0 Å². The first kappa shape index (κ1) is 18.7. The van der Waals surface area contributed by atoms with Crippen LogP contribution in [0.2, 0.25) is 0 Å². The van der Waals surface area contributed by atoms with E-state index in [0.29, 0.717) is 8.64 Å². The van der Waals surface area contributed by atoms with Crippen molar-refractivity contribution in [3.05, 3.63) is 0 Å². The van der Waals surface area contributed by atoms with Gasteiger partial charge in [-0.2, -0.15) is 0 Å². The largest absolute Gasteiger partial charge is 2.00 e. The van der Waals surface area contributed by atoms with Crippen molar-refractivity contribution in [1.82, 2.24) is 8.12 Å². The molecule has 11 heavy (non-hydrogen) atoms. The van der Waals surface area contributed by atoms with E-state index in [0.717, 1.165) is 37.1 Å². The zero-order valence-electron chi connectivity index (χ0n) is 5.43. The molecule has 0 aromatic rings. The van der Waals surface area contributed by atoms with Crippen molar-refractivity contribution in [3.8, 4) is 0 Å². The van der Waals surface area contributed by atoms with Gasteiger partial charge < -0.3 is 0 Å². The fourth-order valence-corrected chi connectivity index (χ4v) is 0. The molecule has 0 saturated heterocycles. The normalized spacial score (nSPS) is 6.18. The molecule has 9 heteroatoms. The molecule has 0 heterocycles. The van der Waals surface area contributed by atoms with Gasteiger partial charge in [0, 0.05) is 0 Å². The van der Waals surface area contributed by atoms with Crippen LogP contribution >= 0.6 is 24.4 Å². The minimum absolute atomic E-state index is 0. The van der Waals surface area contributed by atoms with Gasteiger partial charge in [0.15, 0.2) is 0 Å². The summed E-state index contributed by atoms with van der Waals surface area (Å²) in [6.07, 6.45) is 0. The third-order valence-corrected chi connectivity index (χ3v) is 4.50. The molecule has 0 atom stereocenters. The summed E-state index contributed by atoms with van der Waals surface area (Å²) < 4.78 is 6.35. The predicted octanol–water partition coefficient (Wildman–Crippen LogP) is -0.263. The number of hydrogen-bond donors (Lipinski definition) is 2. The standard InChI is InChI=1S/2CH3NS2.Mn.2Zn/c2*2-1(3)4;;;/h2*(H3,2,3,4);;;/q;;+2;2*+1/p-4. The smallest absolute Gasteiger partial charge is 2.00 e. The van der Waals surface area contributed by atoms with Gasteiger partial charge in [0.2, 0.25) is 0 Å². The van der Waals surface area contributed by atoms with E-state index >= 15 is 0 Å². The Balaban J connectivity index is -0.000000107. The van der Waals surface area contributed by atoms with Crippen LogP contribution in [0.1, 0.15) is 0 Å². The molecule has 2 nitrogen and oxygen atoms in total.